The quantitative estimate of drug-likeness (QED) is 0.182. The third-order valence-electron chi connectivity index (χ3n) is 7.77. The number of hydrogen-bond acceptors (Lipinski definition) is 4. The maximum absolute atomic E-state index is 2.31. The van der Waals surface area contributed by atoms with E-state index in [4.69, 9.17) is 0 Å². The zero-order chi connectivity index (χ0) is 28.2. The van der Waals surface area contributed by atoms with Crippen LogP contribution in [0.25, 0.3) is 71.7 Å². The van der Waals surface area contributed by atoms with Crippen LogP contribution in [0.1, 0.15) is 11.1 Å². The molecule has 4 heteroatoms. The Morgan fingerprint density at radius 2 is 0.643 bits per heavy atom. The summed E-state index contributed by atoms with van der Waals surface area (Å²) in [6.07, 6.45) is 0. The molecule has 4 aromatic carbocycles. The lowest BCUT2D eigenvalue weighted by Gasteiger charge is -1.99. The molecular weight excluding hydrogens is 585 g/mol. The molecule has 0 fully saturated rings. The van der Waals surface area contributed by atoms with E-state index in [9.17, 15) is 0 Å². The predicted octanol–water partition coefficient (Wildman–Crippen LogP) is 13.2. The molecule has 0 N–H and O–H groups in total. The van der Waals surface area contributed by atoms with Crippen molar-refractivity contribution in [3.63, 3.8) is 0 Å². The van der Waals surface area contributed by atoms with Crippen LogP contribution in [-0.4, -0.2) is 0 Å². The van der Waals surface area contributed by atoms with Gasteiger partial charge in [0.15, 0.2) is 0 Å². The first-order chi connectivity index (χ1) is 20.6. The van der Waals surface area contributed by atoms with Gasteiger partial charge in [0.1, 0.15) is 0 Å². The van der Waals surface area contributed by atoms with Crippen molar-refractivity contribution in [1.82, 2.24) is 0 Å². The molecular formula is C38H26S4. The Morgan fingerprint density at radius 3 is 1.02 bits per heavy atom. The molecule has 0 aliphatic heterocycles. The topological polar surface area (TPSA) is 0 Å². The fourth-order valence-electron chi connectivity index (χ4n) is 5.57. The lowest BCUT2D eigenvalue weighted by atomic mass is 10.1. The SMILES string of the molecule is Cc1ccc(-c2sc(-c3ccc(-c4ccc(-c5sc(-c6ccc(C)cc6)c6ccccc56)s4)s3)c3ccccc23)cc1. The summed E-state index contributed by atoms with van der Waals surface area (Å²) in [5, 5.41) is 5.35. The number of fused-ring (bicyclic) bond motifs is 2. The van der Waals surface area contributed by atoms with Gasteiger partial charge in [-0.05, 0) is 49.2 Å². The molecule has 0 amide bonds. The van der Waals surface area contributed by atoms with E-state index in [0.717, 1.165) is 0 Å². The van der Waals surface area contributed by atoms with Gasteiger partial charge in [-0.3, -0.25) is 0 Å². The largest absolute Gasteiger partial charge is 0.133 e. The average Bonchev–Trinajstić information content (AvgIpc) is 3.82. The molecule has 0 radical (unpaired) electrons. The average molecular weight is 611 g/mol. The standard InChI is InChI=1S/C38H26S4/c1-23-11-15-25(16-12-23)35-27-7-3-5-9-29(27)37(41-35)33-21-19-31(39-33)32-20-22-34(40-32)38-30-10-6-4-8-28(30)36(42-38)26-17-13-24(2)14-18-26/h3-22H,1-2H3. The summed E-state index contributed by atoms with van der Waals surface area (Å²) in [7, 11) is 0. The molecule has 0 saturated carbocycles. The first kappa shape index (κ1) is 25.9. The number of rotatable bonds is 5. The highest BCUT2D eigenvalue weighted by Gasteiger charge is 2.18. The second-order valence-corrected chi connectivity index (χ2v) is 14.9. The highest BCUT2D eigenvalue weighted by molar-refractivity contribution is 7.30. The van der Waals surface area contributed by atoms with Gasteiger partial charge < -0.3 is 0 Å². The lowest BCUT2D eigenvalue weighted by molar-refractivity contribution is 1.48. The third-order valence-corrected chi connectivity index (χ3v) is 13.0. The van der Waals surface area contributed by atoms with E-state index in [1.54, 1.807) is 0 Å². The van der Waals surface area contributed by atoms with Gasteiger partial charge in [0.2, 0.25) is 0 Å². The van der Waals surface area contributed by atoms with Crippen LogP contribution in [-0.2, 0) is 0 Å². The summed E-state index contributed by atoms with van der Waals surface area (Å²) in [5.74, 6) is 0. The van der Waals surface area contributed by atoms with Crippen molar-refractivity contribution in [2.45, 2.75) is 13.8 Å². The third kappa shape index (κ3) is 4.47. The van der Waals surface area contributed by atoms with Crippen molar-refractivity contribution in [3.8, 4) is 50.1 Å². The Labute approximate surface area is 261 Å². The minimum Gasteiger partial charge on any atom is -0.133 e. The summed E-state index contributed by atoms with van der Waals surface area (Å²) < 4.78 is 0. The molecule has 42 heavy (non-hydrogen) atoms. The first-order valence-corrected chi connectivity index (χ1v) is 17.3. The second-order valence-electron chi connectivity index (χ2n) is 10.7. The monoisotopic (exact) mass is 610 g/mol. The predicted molar refractivity (Wildman–Crippen MR) is 190 cm³/mol. The van der Waals surface area contributed by atoms with Crippen molar-refractivity contribution in [2.24, 2.45) is 0 Å². The van der Waals surface area contributed by atoms with Gasteiger partial charge in [0.25, 0.3) is 0 Å². The molecule has 0 unspecified atom stereocenters. The number of hydrogen-bond donors (Lipinski definition) is 0. The van der Waals surface area contributed by atoms with Crippen LogP contribution in [0.3, 0.4) is 0 Å². The van der Waals surface area contributed by atoms with Gasteiger partial charge in [0.05, 0.1) is 9.75 Å². The molecule has 8 aromatic rings. The van der Waals surface area contributed by atoms with Crippen LogP contribution >= 0.6 is 45.3 Å². The van der Waals surface area contributed by atoms with Crippen molar-refractivity contribution in [1.29, 1.82) is 0 Å². The second kappa shape index (κ2) is 10.5. The molecule has 4 heterocycles. The zero-order valence-corrected chi connectivity index (χ0v) is 26.4. The normalized spacial score (nSPS) is 11.6. The minimum absolute atomic E-state index is 1.29. The molecule has 4 aromatic heterocycles. The summed E-state index contributed by atoms with van der Waals surface area (Å²) in [5.41, 5.74) is 5.17. The Hall–Kier alpha value is -3.80. The van der Waals surface area contributed by atoms with Crippen LogP contribution in [0.2, 0.25) is 0 Å². The summed E-state index contributed by atoms with van der Waals surface area (Å²) in [6.45, 7) is 4.30. The molecule has 0 atom stereocenters. The van der Waals surface area contributed by atoms with Gasteiger partial charge in [0, 0.05) is 50.8 Å². The maximum Gasteiger partial charge on any atom is 0.0528 e. The van der Waals surface area contributed by atoms with E-state index in [1.165, 1.54) is 82.8 Å². The number of aryl methyl sites for hydroxylation is 2. The fourth-order valence-corrected chi connectivity index (χ4v) is 10.5. The van der Waals surface area contributed by atoms with Crippen LogP contribution in [0.4, 0.5) is 0 Å². The zero-order valence-electron chi connectivity index (χ0n) is 23.2. The Bertz CT molecular complexity index is 2040. The lowest BCUT2D eigenvalue weighted by Crippen LogP contribution is -1.75. The van der Waals surface area contributed by atoms with Gasteiger partial charge in [-0.15, -0.1) is 45.3 Å². The van der Waals surface area contributed by atoms with Crippen LogP contribution < -0.4 is 0 Å². The molecule has 0 aliphatic rings. The van der Waals surface area contributed by atoms with E-state index < -0.39 is 0 Å². The molecule has 0 saturated heterocycles. The number of thiophene rings is 4. The Morgan fingerprint density at radius 1 is 0.310 bits per heavy atom. The molecule has 8 rings (SSSR count). The minimum atomic E-state index is 1.29. The highest BCUT2D eigenvalue weighted by Crippen LogP contribution is 2.50. The van der Waals surface area contributed by atoms with E-state index in [0.29, 0.717) is 0 Å². The summed E-state index contributed by atoms with van der Waals surface area (Å²) in [4.78, 5) is 10.8. The molecule has 0 nitrogen and oxygen atoms in total. The summed E-state index contributed by atoms with van der Waals surface area (Å²) >= 11 is 7.64. The van der Waals surface area contributed by atoms with Crippen LogP contribution in [0, 0.1) is 13.8 Å². The van der Waals surface area contributed by atoms with Gasteiger partial charge in [-0.1, -0.05) is 108 Å². The van der Waals surface area contributed by atoms with E-state index in [1.807, 2.05) is 45.3 Å². The maximum atomic E-state index is 2.31. The van der Waals surface area contributed by atoms with E-state index in [2.05, 4.69) is 135 Å². The Kier molecular flexibility index (Phi) is 6.46. The van der Waals surface area contributed by atoms with Gasteiger partial charge in [-0.25, -0.2) is 0 Å². The van der Waals surface area contributed by atoms with Crippen molar-refractivity contribution in [2.75, 3.05) is 0 Å². The van der Waals surface area contributed by atoms with Crippen LogP contribution in [0.15, 0.2) is 121 Å². The fraction of sp³-hybridized carbons (Fsp3) is 0.0526. The van der Waals surface area contributed by atoms with E-state index >= 15 is 0 Å². The van der Waals surface area contributed by atoms with Crippen LogP contribution in [0.5, 0.6) is 0 Å². The van der Waals surface area contributed by atoms with Gasteiger partial charge in [-0.2, -0.15) is 0 Å². The van der Waals surface area contributed by atoms with Crippen molar-refractivity contribution < 1.29 is 0 Å². The van der Waals surface area contributed by atoms with Gasteiger partial charge >= 0.3 is 0 Å². The molecule has 0 spiro atoms. The Balaban J connectivity index is 1.17. The smallest absolute Gasteiger partial charge is 0.0528 e. The highest BCUT2D eigenvalue weighted by atomic mass is 32.1. The van der Waals surface area contributed by atoms with Crippen molar-refractivity contribution in [3.05, 3.63) is 132 Å². The number of benzene rings is 4. The summed E-state index contributed by atoms with van der Waals surface area (Å²) in [6, 6.07) is 44.8. The van der Waals surface area contributed by atoms with Crippen molar-refractivity contribution >= 4 is 66.9 Å². The molecule has 202 valence electrons. The molecule has 0 bridgehead atoms. The molecule has 0 aliphatic carbocycles. The first-order valence-electron chi connectivity index (χ1n) is 14.0. The van der Waals surface area contributed by atoms with E-state index in [-0.39, 0.29) is 0 Å².